The summed E-state index contributed by atoms with van der Waals surface area (Å²) in [6.07, 6.45) is 0. The standard InChI is InChI=1S/C9H13NS/c1-7(2)10-8-4-3-5-9(11)6-8/h3-7,10-11H,1-2H3. The lowest BCUT2D eigenvalue weighted by Gasteiger charge is -2.09. The van der Waals surface area contributed by atoms with Crippen LogP contribution < -0.4 is 5.32 Å². The van der Waals surface area contributed by atoms with Crippen molar-refractivity contribution in [2.24, 2.45) is 0 Å². The minimum Gasteiger partial charge on any atom is -0.383 e. The molecular weight excluding hydrogens is 154 g/mol. The molecule has 0 spiro atoms. The van der Waals surface area contributed by atoms with Gasteiger partial charge in [0.05, 0.1) is 0 Å². The predicted molar refractivity (Wildman–Crippen MR) is 52.5 cm³/mol. The van der Waals surface area contributed by atoms with Gasteiger partial charge >= 0.3 is 0 Å². The first-order valence-electron chi connectivity index (χ1n) is 3.74. The van der Waals surface area contributed by atoms with Crippen molar-refractivity contribution in [3.8, 4) is 0 Å². The Morgan fingerprint density at radius 2 is 2.09 bits per heavy atom. The molecule has 0 amide bonds. The van der Waals surface area contributed by atoms with Crippen LogP contribution in [-0.4, -0.2) is 6.04 Å². The topological polar surface area (TPSA) is 12.0 Å². The molecule has 1 rings (SSSR count). The molecule has 0 bridgehead atoms. The second-order valence-corrected chi connectivity index (χ2v) is 3.37. The minimum atomic E-state index is 0.477. The van der Waals surface area contributed by atoms with Crippen LogP contribution in [0.5, 0.6) is 0 Å². The van der Waals surface area contributed by atoms with Gasteiger partial charge in [-0.1, -0.05) is 6.07 Å². The van der Waals surface area contributed by atoms with Crippen molar-refractivity contribution in [3.63, 3.8) is 0 Å². The summed E-state index contributed by atoms with van der Waals surface area (Å²) in [5.41, 5.74) is 1.13. The maximum absolute atomic E-state index is 4.24. The van der Waals surface area contributed by atoms with Crippen LogP contribution in [0.2, 0.25) is 0 Å². The van der Waals surface area contributed by atoms with E-state index >= 15 is 0 Å². The van der Waals surface area contributed by atoms with E-state index in [4.69, 9.17) is 0 Å². The third-order valence-electron chi connectivity index (χ3n) is 1.30. The molecule has 1 aromatic rings. The smallest absolute Gasteiger partial charge is 0.0353 e. The lowest BCUT2D eigenvalue weighted by atomic mass is 10.3. The monoisotopic (exact) mass is 167 g/mol. The Balaban J connectivity index is 2.71. The van der Waals surface area contributed by atoms with Crippen LogP contribution in [0, 0.1) is 0 Å². The Labute approximate surface area is 73.2 Å². The van der Waals surface area contributed by atoms with E-state index in [9.17, 15) is 0 Å². The third-order valence-corrected chi connectivity index (χ3v) is 1.58. The highest BCUT2D eigenvalue weighted by molar-refractivity contribution is 7.80. The first-order chi connectivity index (χ1) is 5.18. The normalized spacial score (nSPS) is 10.2. The Kier molecular flexibility index (Phi) is 2.83. The van der Waals surface area contributed by atoms with E-state index < -0.39 is 0 Å². The van der Waals surface area contributed by atoms with Crippen molar-refractivity contribution in [1.29, 1.82) is 0 Å². The molecule has 2 heteroatoms. The Morgan fingerprint density at radius 1 is 1.36 bits per heavy atom. The molecule has 0 heterocycles. The van der Waals surface area contributed by atoms with Crippen LogP contribution in [0.25, 0.3) is 0 Å². The van der Waals surface area contributed by atoms with E-state index in [1.807, 2.05) is 24.3 Å². The van der Waals surface area contributed by atoms with Gasteiger partial charge in [-0.05, 0) is 32.0 Å². The summed E-state index contributed by atoms with van der Waals surface area (Å²) in [5.74, 6) is 0. The van der Waals surface area contributed by atoms with Gasteiger partial charge in [-0.15, -0.1) is 12.6 Å². The number of hydrogen-bond donors (Lipinski definition) is 2. The molecule has 1 aromatic carbocycles. The summed E-state index contributed by atoms with van der Waals surface area (Å²) >= 11 is 4.24. The molecule has 1 nitrogen and oxygen atoms in total. The van der Waals surface area contributed by atoms with Crippen LogP contribution >= 0.6 is 12.6 Å². The van der Waals surface area contributed by atoms with Crippen LogP contribution in [-0.2, 0) is 0 Å². The number of hydrogen-bond acceptors (Lipinski definition) is 2. The Hall–Kier alpha value is -0.630. The van der Waals surface area contributed by atoms with E-state index in [1.54, 1.807) is 0 Å². The van der Waals surface area contributed by atoms with Crippen LogP contribution in [0.1, 0.15) is 13.8 Å². The lowest BCUT2D eigenvalue weighted by Crippen LogP contribution is -2.09. The summed E-state index contributed by atoms with van der Waals surface area (Å²) in [6, 6.07) is 8.50. The predicted octanol–water partition coefficient (Wildman–Crippen LogP) is 2.80. The zero-order valence-electron chi connectivity index (χ0n) is 6.83. The average Bonchev–Trinajstić information content (AvgIpc) is 1.85. The van der Waals surface area contributed by atoms with Crippen molar-refractivity contribution < 1.29 is 0 Å². The maximum atomic E-state index is 4.24. The van der Waals surface area contributed by atoms with Gasteiger partial charge in [-0.25, -0.2) is 0 Å². The number of rotatable bonds is 2. The maximum Gasteiger partial charge on any atom is 0.0353 e. The van der Waals surface area contributed by atoms with Crippen molar-refractivity contribution in [1.82, 2.24) is 0 Å². The van der Waals surface area contributed by atoms with Gasteiger partial charge in [0.25, 0.3) is 0 Å². The number of thiol groups is 1. The van der Waals surface area contributed by atoms with Crippen molar-refractivity contribution >= 4 is 18.3 Å². The molecule has 0 aromatic heterocycles. The first kappa shape index (κ1) is 8.47. The fraction of sp³-hybridized carbons (Fsp3) is 0.333. The largest absolute Gasteiger partial charge is 0.383 e. The van der Waals surface area contributed by atoms with Gasteiger partial charge in [-0.2, -0.15) is 0 Å². The number of benzene rings is 1. The van der Waals surface area contributed by atoms with Crippen molar-refractivity contribution in [2.75, 3.05) is 5.32 Å². The minimum absolute atomic E-state index is 0.477. The van der Waals surface area contributed by atoms with Gasteiger partial charge in [0.2, 0.25) is 0 Å². The van der Waals surface area contributed by atoms with Gasteiger partial charge in [-0.3, -0.25) is 0 Å². The van der Waals surface area contributed by atoms with E-state index in [2.05, 4.69) is 31.8 Å². The molecule has 60 valence electrons. The Morgan fingerprint density at radius 3 is 2.64 bits per heavy atom. The summed E-state index contributed by atoms with van der Waals surface area (Å²) in [4.78, 5) is 0.996. The second kappa shape index (κ2) is 3.67. The van der Waals surface area contributed by atoms with Gasteiger partial charge in [0, 0.05) is 16.6 Å². The van der Waals surface area contributed by atoms with E-state index in [1.165, 1.54) is 0 Å². The highest BCUT2D eigenvalue weighted by Crippen LogP contribution is 2.13. The molecule has 11 heavy (non-hydrogen) atoms. The molecule has 0 aliphatic rings. The summed E-state index contributed by atoms with van der Waals surface area (Å²) in [7, 11) is 0. The van der Waals surface area contributed by atoms with Gasteiger partial charge < -0.3 is 5.32 Å². The zero-order chi connectivity index (χ0) is 8.27. The zero-order valence-corrected chi connectivity index (χ0v) is 7.73. The number of nitrogens with one attached hydrogen (secondary N) is 1. The summed E-state index contributed by atoms with van der Waals surface area (Å²) < 4.78 is 0. The first-order valence-corrected chi connectivity index (χ1v) is 4.19. The molecule has 0 saturated carbocycles. The lowest BCUT2D eigenvalue weighted by molar-refractivity contribution is 0.899. The van der Waals surface area contributed by atoms with Gasteiger partial charge in [0.1, 0.15) is 0 Å². The molecule has 0 aliphatic carbocycles. The number of anilines is 1. The van der Waals surface area contributed by atoms with Crippen molar-refractivity contribution in [3.05, 3.63) is 24.3 Å². The van der Waals surface area contributed by atoms with E-state index in [-0.39, 0.29) is 0 Å². The van der Waals surface area contributed by atoms with Crippen LogP contribution in [0.4, 0.5) is 5.69 Å². The summed E-state index contributed by atoms with van der Waals surface area (Å²) in [6.45, 7) is 4.23. The second-order valence-electron chi connectivity index (χ2n) is 2.85. The SMILES string of the molecule is CC(C)Nc1cccc(S)c1. The molecule has 0 atom stereocenters. The van der Waals surface area contributed by atoms with E-state index in [0.717, 1.165) is 10.6 Å². The summed E-state index contributed by atoms with van der Waals surface area (Å²) in [5, 5.41) is 3.30. The van der Waals surface area contributed by atoms with Crippen molar-refractivity contribution in [2.45, 2.75) is 24.8 Å². The fourth-order valence-corrected chi connectivity index (χ4v) is 1.15. The quantitative estimate of drug-likeness (QED) is 0.645. The molecule has 0 unspecified atom stereocenters. The van der Waals surface area contributed by atoms with Crippen LogP contribution in [0.15, 0.2) is 29.2 Å². The van der Waals surface area contributed by atoms with Crippen LogP contribution in [0.3, 0.4) is 0 Å². The molecular formula is C9H13NS. The van der Waals surface area contributed by atoms with E-state index in [0.29, 0.717) is 6.04 Å². The molecule has 1 N–H and O–H groups in total. The fourth-order valence-electron chi connectivity index (χ4n) is 0.929. The molecule has 0 radical (unpaired) electrons. The average molecular weight is 167 g/mol. The highest BCUT2D eigenvalue weighted by atomic mass is 32.1. The molecule has 0 saturated heterocycles. The highest BCUT2D eigenvalue weighted by Gasteiger charge is 1.93. The molecule has 0 fully saturated rings. The van der Waals surface area contributed by atoms with Gasteiger partial charge in [0.15, 0.2) is 0 Å². The third kappa shape index (κ3) is 2.85. The Bertz CT molecular complexity index is 233. The molecule has 0 aliphatic heterocycles.